The standard InChI is InChI=1S/C16H23N3O2/c1-13-5-2-3-6-14(13)7-9-18-15(20)16(21)19-11-4-8-17-10-12-19/h2-3,5-6,17H,4,7-12H2,1H3,(H,18,20). The Labute approximate surface area is 125 Å². The maximum absolute atomic E-state index is 12.0. The van der Waals surface area contributed by atoms with Gasteiger partial charge in [-0.25, -0.2) is 0 Å². The number of nitrogens with zero attached hydrogens (tertiary/aromatic N) is 1. The Balaban J connectivity index is 1.78. The van der Waals surface area contributed by atoms with Gasteiger partial charge in [0.15, 0.2) is 0 Å². The van der Waals surface area contributed by atoms with Crippen molar-refractivity contribution in [2.24, 2.45) is 0 Å². The van der Waals surface area contributed by atoms with E-state index in [0.717, 1.165) is 25.9 Å². The maximum Gasteiger partial charge on any atom is 0.311 e. The summed E-state index contributed by atoms with van der Waals surface area (Å²) in [5.41, 5.74) is 2.40. The molecule has 1 saturated heterocycles. The van der Waals surface area contributed by atoms with Crippen LogP contribution in [0.2, 0.25) is 0 Å². The number of benzene rings is 1. The van der Waals surface area contributed by atoms with Crippen molar-refractivity contribution in [2.75, 3.05) is 32.7 Å². The maximum atomic E-state index is 12.0. The molecule has 1 aliphatic heterocycles. The van der Waals surface area contributed by atoms with Crippen LogP contribution in [0.1, 0.15) is 17.5 Å². The molecule has 2 rings (SSSR count). The van der Waals surface area contributed by atoms with Crippen LogP contribution in [0.15, 0.2) is 24.3 Å². The second-order valence-corrected chi connectivity index (χ2v) is 5.33. The van der Waals surface area contributed by atoms with Gasteiger partial charge < -0.3 is 15.5 Å². The van der Waals surface area contributed by atoms with Crippen LogP contribution in [0.5, 0.6) is 0 Å². The Morgan fingerprint density at radius 1 is 1.24 bits per heavy atom. The molecule has 1 aromatic carbocycles. The van der Waals surface area contributed by atoms with E-state index in [1.54, 1.807) is 4.90 Å². The summed E-state index contributed by atoms with van der Waals surface area (Å²) >= 11 is 0. The molecule has 0 radical (unpaired) electrons. The highest BCUT2D eigenvalue weighted by Crippen LogP contribution is 2.06. The van der Waals surface area contributed by atoms with Crippen LogP contribution < -0.4 is 10.6 Å². The number of nitrogens with one attached hydrogen (secondary N) is 2. The first-order chi connectivity index (χ1) is 10.2. The van der Waals surface area contributed by atoms with Crippen LogP contribution in [0.3, 0.4) is 0 Å². The molecule has 0 saturated carbocycles. The lowest BCUT2D eigenvalue weighted by Gasteiger charge is -2.19. The molecule has 1 heterocycles. The number of amides is 2. The van der Waals surface area contributed by atoms with Crippen molar-refractivity contribution in [3.63, 3.8) is 0 Å². The third kappa shape index (κ3) is 4.56. The fourth-order valence-electron chi connectivity index (χ4n) is 2.47. The predicted molar refractivity (Wildman–Crippen MR) is 82.0 cm³/mol. The molecule has 1 aromatic rings. The Kier molecular flexibility index (Phi) is 5.75. The van der Waals surface area contributed by atoms with Crippen molar-refractivity contribution in [1.82, 2.24) is 15.5 Å². The van der Waals surface area contributed by atoms with Crippen LogP contribution in [0.4, 0.5) is 0 Å². The van der Waals surface area contributed by atoms with Gasteiger partial charge in [0.25, 0.3) is 0 Å². The SMILES string of the molecule is Cc1ccccc1CCNC(=O)C(=O)N1CCCNCC1. The Morgan fingerprint density at radius 3 is 2.86 bits per heavy atom. The van der Waals surface area contributed by atoms with Gasteiger partial charge in [-0.2, -0.15) is 0 Å². The molecule has 0 atom stereocenters. The molecule has 5 nitrogen and oxygen atoms in total. The lowest BCUT2D eigenvalue weighted by Crippen LogP contribution is -2.44. The molecule has 0 spiro atoms. The molecule has 0 aromatic heterocycles. The highest BCUT2D eigenvalue weighted by Gasteiger charge is 2.21. The summed E-state index contributed by atoms with van der Waals surface area (Å²) in [4.78, 5) is 25.6. The average Bonchev–Trinajstić information content (AvgIpc) is 2.77. The molecule has 0 unspecified atom stereocenters. The minimum Gasteiger partial charge on any atom is -0.347 e. The quantitative estimate of drug-likeness (QED) is 0.796. The van der Waals surface area contributed by atoms with Crippen molar-refractivity contribution in [3.05, 3.63) is 35.4 Å². The van der Waals surface area contributed by atoms with Gasteiger partial charge in [-0.05, 0) is 37.4 Å². The van der Waals surface area contributed by atoms with Gasteiger partial charge in [-0.3, -0.25) is 9.59 Å². The topological polar surface area (TPSA) is 61.4 Å². The van der Waals surface area contributed by atoms with Gasteiger partial charge in [-0.15, -0.1) is 0 Å². The van der Waals surface area contributed by atoms with E-state index < -0.39 is 11.8 Å². The van der Waals surface area contributed by atoms with E-state index in [0.29, 0.717) is 19.6 Å². The normalized spacial score (nSPS) is 15.4. The van der Waals surface area contributed by atoms with E-state index in [-0.39, 0.29) is 0 Å². The van der Waals surface area contributed by atoms with Crippen molar-refractivity contribution >= 4 is 11.8 Å². The molecule has 1 fully saturated rings. The monoisotopic (exact) mass is 289 g/mol. The van der Waals surface area contributed by atoms with Crippen LogP contribution in [0.25, 0.3) is 0 Å². The zero-order chi connectivity index (χ0) is 15.1. The first-order valence-corrected chi connectivity index (χ1v) is 7.51. The van der Waals surface area contributed by atoms with Crippen molar-refractivity contribution in [2.45, 2.75) is 19.8 Å². The summed E-state index contributed by atoms with van der Waals surface area (Å²) < 4.78 is 0. The number of hydrogen-bond donors (Lipinski definition) is 2. The second-order valence-electron chi connectivity index (χ2n) is 5.33. The predicted octanol–water partition coefficient (Wildman–Crippen LogP) is 0.476. The number of carbonyl (C=O) groups is 2. The van der Waals surface area contributed by atoms with Crippen molar-refractivity contribution in [1.29, 1.82) is 0 Å². The summed E-state index contributed by atoms with van der Waals surface area (Å²) in [6.45, 7) is 5.44. The zero-order valence-electron chi connectivity index (χ0n) is 12.5. The fraction of sp³-hybridized carbons (Fsp3) is 0.500. The number of aryl methyl sites for hydroxylation is 1. The van der Waals surface area contributed by atoms with Gasteiger partial charge >= 0.3 is 11.8 Å². The summed E-state index contributed by atoms with van der Waals surface area (Å²) in [7, 11) is 0. The minimum atomic E-state index is -0.495. The number of carbonyl (C=O) groups excluding carboxylic acids is 2. The first-order valence-electron chi connectivity index (χ1n) is 7.51. The lowest BCUT2D eigenvalue weighted by atomic mass is 10.1. The smallest absolute Gasteiger partial charge is 0.311 e. The Bertz CT molecular complexity index is 494. The van der Waals surface area contributed by atoms with E-state index in [1.165, 1.54) is 11.1 Å². The van der Waals surface area contributed by atoms with E-state index >= 15 is 0 Å². The van der Waals surface area contributed by atoms with Crippen LogP contribution in [-0.4, -0.2) is 49.4 Å². The molecule has 114 valence electrons. The van der Waals surface area contributed by atoms with Gasteiger partial charge in [0, 0.05) is 26.2 Å². The van der Waals surface area contributed by atoms with Crippen molar-refractivity contribution in [3.8, 4) is 0 Å². The number of hydrogen-bond acceptors (Lipinski definition) is 3. The largest absolute Gasteiger partial charge is 0.347 e. The molecular formula is C16H23N3O2. The van der Waals surface area contributed by atoms with Crippen LogP contribution >= 0.6 is 0 Å². The van der Waals surface area contributed by atoms with E-state index in [4.69, 9.17) is 0 Å². The second kappa shape index (κ2) is 7.78. The van der Waals surface area contributed by atoms with Crippen LogP contribution in [0, 0.1) is 6.92 Å². The van der Waals surface area contributed by atoms with Gasteiger partial charge in [-0.1, -0.05) is 24.3 Å². The van der Waals surface area contributed by atoms with Crippen LogP contribution in [-0.2, 0) is 16.0 Å². The van der Waals surface area contributed by atoms with Crippen molar-refractivity contribution < 1.29 is 9.59 Å². The molecule has 1 aliphatic rings. The lowest BCUT2D eigenvalue weighted by molar-refractivity contribution is -0.145. The summed E-state index contributed by atoms with van der Waals surface area (Å²) in [6.07, 6.45) is 1.63. The zero-order valence-corrected chi connectivity index (χ0v) is 12.5. The molecule has 2 N–H and O–H groups in total. The third-order valence-electron chi connectivity index (χ3n) is 3.76. The summed E-state index contributed by atoms with van der Waals surface area (Å²) in [6, 6.07) is 8.07. The minimum absolute atomic E-state index is 0.413. The summed E-state index contributed by atoms with van der Waals surface area (Å²) in [5.74, 6) is -0.908. The third-order valence-corrected chi connectivity index (χ3v) is 3.76. The molecule has 21 heavy (non-hydrogen) atoms. The number of rotatable bonds is 3. The van der Waals surface area contributed by atoms with E-state index in [1.807, 2.05) is 31.2 Å². The Morgan fingerprint density at radius 2 is 2.05 bits per heavy atom. The molecule has 5 heteroatoms. The summed E-state index contributed by atoms with van der Waals surface area (Å²) in [5, 5.41) is 5.94. The average molecular weight is 289 g/mol. The molecule has 0 aliphatic carbocycles. The Hall–Kier alpha value is -1.88. The molecule has 2 amide bonds. The first kappa shape index (κ1) is 15.5. The van der Waals surface area contributed by atoms with E-state index in [9.17, 15) is 9.59 Å². The van der Waals surface area contributed by atoms with Gasteiger partial charge in [0.1, 0.15) is 0 Å². The fourth-order valence-corrected chi connectivity index (χ4v) is 2.47. The highest BCUT2D eigenvalue weighted by atomic mass is 16.2. The van der Waals surface area contributed by atoms with E-state index in [2.05, 4.69) is 10.6 Å². The van der Waals surface area contributed by atoms with Gasteiger partial charge in [0.05, 0.1) is 0 Å². The molecular weight excluding hydrogens is 266 g/mol. The molecule has 0 bridgehead atoms. The van der Waals surface area contributed by atoms with Gasteiger partial charge in [0.2, 0.25) is 0 Å². The highest BCUT2D eigenvalue weighted by molar-refractivity contribution is 6.35.